The van der Waals surface area contributed by atoms with Gasteiger partial charge in [-0.15, -0.1) is 11.8 Å². The van der Waals surface area contributed by atoms with Gasteiger partial charge in [-0.1, -0.05) is 23.5 Å². The van der Waals surface area contributed by atoms with E-state index in [2.05, 4.69) is 48.0 Å². The van der Waals surface area contributed by atoms with E-state index in [1.165, 1.54) is 46.2 Å². The Balaban J connectivity index is 1.28. The Morgan fingerprint density at radius 3 is 2.26 bits per heavy atom. The molecule has 1 N–H and O–H groups in total. The predicted molar refractivity (Wildman–Crippen MR) is 147 cm³/mol. The molecule has 196 valence electrons. The second-order valence-corrected chi connectivity index (χ2v) is 12.9. The molecule has 38 heavy (non-hydrogen) atoms. The summed E-state index contributed by atoms with van der Waals surface area (Å²) in [6.45, 7) is 6.14. The molecule has 0 unspecified atom stereocenters. The van der Waals surface area contributed by atoms with Crippen LogP contribution >= 0.6 is 23.1 Å². The smallest absolute Gasteiger partial charge is 0.305 e. The number of hydrogen-bond donors (Lipinski definition) is 1. The quantitative estimate of drug-likeness (QED) is 0.449. The van der Waals surface area contributed by atoms with Crippen molar-refractivity contribution in [2.75, 3.05) is 22.9 Å². The summed E-state index contributed by atoms with van der Waals surface area (Å²) >= 11 is 2.97. The lowest BCUT2D eigenvalue weighted by Crippen LogP contribution is -2.42. The topological polar surface area (TPSA) is 73.5 Å². The van der Waals surface area contributed by atoms with Gasteiger partial charge in [0.2, 0.25) is 11.8 Å². The van der Waals surface area contributed by atoms with E-state index < -0.39 is 5.82 Å². The lowest BCUT2D eigenvalue weighted by atomic mass is 9.68. The minimum Gasteiger partial charge on any atom is -0.372 e. The molecular weight excluding hydrogens is 521 g/mol. The number of carbonyl (C=O) groups is 2. The fraction of sp³-hybridized carbons (Fsp3) is 0.414. The Morgan fingerprint density at radius 2 is 1.61 bits per heavy atom. The first-order valence-electron chi connectivity index (χ1n) is 13.3. The van der Waals surface area contributed by atoms with E-state index in [0.717, 1.165) is 35.0 Å². The van der Waals surface area contributed by atoms with Crippen molar-refractivity contribution in [1.29, 1.82) is 0 Å². The molecule has 2 aliphatic heterocycles. The van der Waals surface area contributed by atoms with Gasteiger partial charge in [-0.25, -0.2) is 4.39 Å². The van der Waals surface area contributed by atoms with Gasteiger partial charge in [-0.05, 0) is 80.0 Å². The maximum Gasteiger partial charge on any atom is 0.305 e. The number of benzene rings is 2. The Morgan fingerprint density at radius 1 is 0.947 bits per heavy atom. The van der Waals surface area contributed by atoms with Crippen LogP contribution < -0.4 is 14.7 Å². The van der Waals surface area contributed by atoms with Crippen LogP contribution in [0.25, 0.3) is 0 Å². The Labute approximate surface area is 228 Å². The van der Waals surface area contributed by atoms with Gasteiger partial charge in [0, 0.05) is 34.8 Å². The molecule has 6 nitrogen and oxygen atoms in total. The molecule has 3 heterocycles. The van der Waals surface area contributed by atoms with Crippen LogP contribution in [0, 0.1) is 35.4 Å². The summed E-state index contributed by atoms with van der Waals surface area (Å²) in [7, 11) is 0. The molecule has 2 bridgehead atoms. The van der Waals surface area contributed by atoms with Crippen LogP contribution in [0.1, 0.15) is 36.6 Å². The number of thiazole rings is 1. The molecule has 2 aliphatic carbocycles. The summed E-state index contributed by atoms with van der Waals surface area (Å²) in [5.41, 5.74) is 2.77. The first-order chi connectivity index (χ1) is 18.4. The number of anilines is 2. The van der Waals surface area contributed by atoms with Crippen LogP contribution in [0.5, 0.6) is 0 Å². The fourth-order valence-corrected chi connectivity index (χ4v) is 10.6. The normalized spacial score (nSPS) is 30.9. The summed E-state index contributed by atoms with van der Waals surface area (Å²) in [5, 5.41) is 1.06. The lowest BCUT2D eigenvalue weighted by molar-refractivity contribution is -0.123. The highest BCUT2D eigenvalue weighted by Gasteiger charge is 2.69. The Kier molecular flexibility index (Phi) is 5.60. The lowest BCUT2D eigenvalue weighted by Gasteiger charge is -2.43. The van der Waals surface area contributed by atoms with E-state index in [0.29, 0.717) is 5.69 Å². The number of nitrogens with one attached hydrogen (secondary N) is 1. The number of thioether (sulfide) groups is 1. The SMILES string of the molecule is CCN(CC)c1ccc([C@H]2c3sc(=O)[nH]c3S[C@H]3[C@@H]4C[C@H]([C@H]5C(=O)N(c6ccc(F)cc6)C(=O)[C@H]45)[C@H]23)cc1. The number of hydrogen-bond acceptors (Lipinski definition) is 6. The third kappa shape index (κ3) is 3.33. The average molecular weight is 550 g/mol. The van der Waals surface area contributed by atoms with Crippen molar-refractivity contribution < 1.29 is 14.0 Å². The summed E-state index contributed by atoms with van der Waals surface area (Å²) in [6, 6.07) is 14.3. The first kappa shape index (κ1) is 24.2. The van der Waals surface area contributed by atoms with Crippen LogP contribution in [-0.2, 0) is 9.59 Å². The van der Waals surface area contributed by atoms with Crippen LogP contribution in [0.4, 0.5) is 15.8 Å². The highest BCUT2D eigenvalue weighted by molar-refractivity contribution is 8.00. The average Bonchev–Trinajstić information content (AvgIpc) is 3.65. The number of fused-ring (bicyclic) bond motifs is 9. The van der Waals surface area contributed by atoms with E-state index in [1.807, 2.05) is 0 Å². The van der Waals surface area contributed by atoms with Crippen molar-refractivity contribution in [3.8, 4) is 0 Å². The molecule has 7 rings (SSSR count). The number of halogens is 1. The number of aromatic amines is 1. The Hall–Kier alpha value is -2.91. The van der Waals surface area contributed by atoms with Gasteiger partial charge >= 0.3 is 4.87 Å². The summed E-state index contributed by atoms with van der Waals surface area (Å²) in [6.07, 6.45) is 0.847. The number of nitrogens with zero attached hydrogens (tertiary/aromatic N) is 2. The molecule has 1 aromatic heterocycles. The monoisotopic (exact) mass is 549 g/mol. The molecule has 2 aromatic carbocycles. The Bertz CT molecular complexity index is 1480. The van der Waals surface area contributed by atoms with Crippen LogP contribution in [0.3, 0.4) is 0 Å². The minimum absolute atomic E-state index is 0.00433. The highest BCUT2D eigenvalue weighted by atomic mass is 32.2. The van der Waals surface area contributed by atoms with E-state index in [-0.39, 0.29) is 57.4 Å². The van der Waals surface area contributed by atoms with E-state index in [9.17, 15) is 18.8 Å². The molecule has 1 saturated heterocycles. The van der Waals surface area contributed by atoms with E-state index in [1.54, 1.807) is 11.8 Å². The van der Waals surface area contributed by atoms with Gasteiger partial charge in [0.1, 0.15) is 5.82 Å². The molecule has 0 spiro atoms. The standard InChI is InChI=1S/C29H28FN3O3S2/c1-3-32(4-2)16-9-5-14(6-10-16)20-21-18-13-19(24(21)37-26-25(20)38-29(36)31-26)23-22(18)27(34)33(28(23)35)17-11-7-15(30)8-12-17/h5-12,18-24H,3-4,13H2,1-2H3,(H,31,36)/t18-,19+,20+,21+,22+,23+,24-/m0/s1. The van der Waals surface area contributed by atoms with Gasteiger partial charge in [0.15, 0.2) is 0 Å². The zero-order valence-corrected chi connectivity index (χ0v) is 22.7. The number of carbonyl (C=O) groups excluding carboxylic acids is 2. The number of aromatic nitrogens is 1. The molecule has 0 radical (unpaired) electrons. The summed E-state index contributed by atoms with van der Waals surface area (Å²) in [5.74, 6) is -1.16. The first-order valence-corrected chi connectivity index (χ1v) is 15.0. The highest BCUT2D eigenvalue weighted by Crippen LogP contribution is 2.68. The van der Waals surface area contributed by atoms with Gasteiger partial charge in [0.05, 0.1) is 22.5 Å². The fourth-order valence-electron chi connectivity index (χ4n) is 7.72. The number of imide groups is 1. The minimum atomic E-state index is -0.398. The van der Waals surface area contributed by atoms with Gasteiger partial charge in [-0.3, -0.25) is 19.3 Å². The maximum absolute atomic E-state index is 13.8. The van der Waals surface area contributed by atoms with Crippen molar-refractivity contribution in [1.82, 2.24) is 4.98 Å². The molecular formula is C29H28FN3O3S2. The van der Waals surface area contributed by atoms with E-state index >= 15 is 0 Å². The van der Waals surface area contributed by atoms with Crippen molar-refractivity contribution in [3.05, 3.63) is 74.5 Å². The zero-order valence-electron chi connectivity index (χ0n) is 21.1. The molecule has 3 aromatic rings. The van der Waals surface area contributed by atoms with Gasteiger partial charge < -0.3 is 9.88 Å². The summed E-state index contributed by atoms with van der Waals surface area (Å²) in [4.78, 5) is 47.5. The largest absolute Gasteiger partial charge is 0.372 e. The van der Waals surface area contributed by atoms with Crippen LogP contribution in [-0.4, -0.2) is 35.1 Å². The van der Waals surface area contributed by atoms with Crippen molar-refractivity contribution >= 4 is 46.3 Å². The van der Waals surface area contributed by atoms with Gasteiger partial charge in [0.25, 0.3) is 0 Å². The molecule has 2 amide bonds. The second kappa shape index (κ2) is 8.81. The summed E-state index contributed by atoms with van der Waals surface area (Å²) < 4.78 is 13.6. The van der Waals surface area contributed by atoms with Crippen molar-refractivity contribution in [2.45, 2.75) is 36.5 Å². The van der Waals surface area contributed by atoms with Gasteiger partial charge in [-0.2, -0.15) is 0 Å². The molecule has 2 saturated carbocycles. The molecule has 4 aliphatic rings. The molecule has 7 atom stereocenters. The molecule has 3 fully saturated rings. The van der Waals surface area contributed by atoms with Crippen molar-refractivity contribution in [3.63, 3.8) is 0 Å². The van der Waals surface area contributed by atoms with Crippen molar-refractivity contribution in [2.24, 2.45) is 29.6 Å². The third-order valence-corrected chi connectivity index (χ3v) is 11.8. The second-order valence-electron chi connectivity index (χ2n) is 10.7. The number of H-pyrrole nitrogens is 1. The third-order valence-electron chi connectivity index (χ3n) is 9.19. The van der Waals surface area contributed by atoms with Crippen LogP contribution in [0.15, 0.2) is 58.4 Å². The molecule has 9 heteroatoms. The van der Waals surface area contributed by atoms with Crippen LogP contribution in [0.2, 0.25) is 0 Å². The maximum atomic E-state index is 13.8. The number of amides is 2. The number of rotatable bonds is 5. The van der Waals surface area contributed by atoms with E-state index in [4.69, 9.17) is 0 Å². The predicted octanol–water partition coefficient (Wildman–Crippen LogP) is 5.10. The zero-order chi connectivity index (χ0) is 26.3.